The van der Waals surface area contributed by atoms with Gasteiger partial charge in [0, 0.05) is 34.3 Å². The lowest BCUT2D eigenvalue weighted by molar-refractivity contribution is 0.541. The Morgan fingerprint density at radius 1 is 1.04 bits per heavy atom. The molecule has 25 heavy (non-hydrogen) atoms. The van der Waals surface area contributed by atoms with Crippen LogP contribution >= 0.6 is 23.4 Å². The van der Waals surface area contributed by atoms with Crippen molar-refractivity contribution in [1.82, 2.24) is 4.90 Å². The number of para-hydroxylation sites is 1. The molecule has 0 atom stereocenters. The van der Waals surface area contributed by atoms with Gasteiger partial charge in [-0.2, -0.15) is 0 Å². The van der Waals surface area contributed by atoms with Gasteiger partial charge >= 0.3 is 0 Å². The van der Waals surface area contributed by atoms with Crippen LogP contribution in [-0.2, 0) is 0 Å². The second kappa shape index (κ2) is 6.11. The Kier molecular flexibility index (Phi) is 3.75. The maximum atomic E-state index is 6.27. The van der Waals surface area contributed by atoms with Gasteiger partial charge < -0.3 is 4.90 Å². The average Bonchev–Trinajstić information content (AvgIpc) is 3.30. The monoisotopic (exact) mass is 367 g/mol. The standard InChI is InChI=1S/C20H18ClN3S/c21-14-9-10-16-18(13-14)25-17-6-2-1-5-15(17)24(16)20-8-4-12-23(20)19-7-3-11-22-19/h1-2,5-6,8-10,13H,3-4,7,11-12H2. The quantitative estimate of drug-likeness (QED) is 0.646. The molecular formula is C20H18ClN3S. The molecule has 0 bridgehead atoms. The predicted molar refractivity (Wildman–Crippen MR) is 105 cm³/mol. The van der Waals surface area contributed by atoms with Gasteiger partial charge in [0.2, 0.25) is 0 Å². The molecule has 0 N–H and O–H groups in total. The van der Waals surface area contributed by atoms with Crippen molar-refractivity contribution in [2.24, 2.45) is 4.99 Å². The third kappa shape index (κ3) is 2.55. The number of anilines is 2. The summed E-state index contributed by atoms with van der Waals surface area (Å²) in [6, 6.07) is 14.8. The number of benzene rings is 2. The molecule has 3 nitrogen and oxygen atoms in total. The van der Waals surface area contributed by atoms with E-state index < -0.39 is 0 Å². The van der Waals surface area contributed by atoms with E-state index in [9.17, 15) is 0 Å². The maximum absolute atomic E-state index is 6.27. The highest BCUT2D eigenvalue weighted by Crippen LogP contribution is 2.51. The number of hydrogen-bond acceptors (Lipinski definition) is 4. The van der Waals surface area contributed by atoms with Crippen molar-refractivity contribution < 1.29 is 0 Å². The van der Waals surface area contributed by atoms with E-state index in [1.807, 2.05) is 6.07 Å². The molecule has 0 saturated carbocycles. The first-order valence-electron chi connectivity index (χ1n) is 8.69. The molecule has 0 radical (unpaired) electrons. The highest BCUT2D eigenvalue weighted by Gasteiger charge is 2.32. The fraction of sp³-hybridized carbons (Fsp3) is 0.250. The second-order valence-electron chi connectivity index (χ2n) is 6.42. The minimum atomic E-state index is 0.781. The zero-order valence-corrected chi connectivity index (χ0v) is 15.4. The minimum Gasteiger partial charge on any atom is -0.316 e. The van der Waals surface area contributed by atoms with Gasteiger partial charge in [-0.15, -0.1) is 0 Å². The minimum absolute atomic E-state index is 0.781. The lowest BCUT2D eigenvalue weighted by Gasteiger charge is -2.37. The summed E-state index contributed by atoms with van der Waals surface area (Å²) < 4.78 is 0. The fourth-order valence-corrected chi connectivity index (χ4v) is 5.08. The first-order chi connectivity index (χ1) is 12.3. The molecule has 0 spiro atoms. The predicted octanol–water partition coefficient (Wildman–Crippen LogP) is 5.68. The third-order valence-corrected chi connectivity index (χ3v) is 6.19. The Labute approximate surface area is 157 Å². The number of halogens is 1. The Morgan fingerprint density at radius 2 is 1.92 bits per heavy atom. The molecule has 3 heterocycles. The summed E-state index contributed by atoms with van der Waals surface area (Å²) in [5.41, 5.74) is 2.43. The van der Waals surface area contributed by atoms with E-state index >= 15 is 0 Å². The molecule has 3 aliphatic rings. The van der Waals surface area contributed by atoms with Crippen molar-refractivity contribution in [3.8, 4) is 0 Å². The topological polar surface area (TPSA) is 18.8 Å². The van der Waals surface area contributed by atoms with Crippen LogP contribution in [0.4, 0.5) is 11.4 Å². The van der Waals surface area contributed by atoms with Crippen molar-refractivity contribution in [2.45, 2.75) is 29.1 Å². The first kappa shape index (κ1) is 15.4. The summed E-state index contributed by atoms with van der Waals surface area (Å²) >= 11 is 8.06. The van der Waals surface area contributed by atoms with Crippen LogP contribution in [0.25, 0.3) is 0 Å². The van der Waals surface area contributed by atoms with Gasteiger partial charge in [0.25, 0.3) is 0 Å². The SMILES string of the molecule is Clc1ccc2c(c1)Sc1ccccc1N2C1=CCCN1C1=NCCC1. The molecule has 0 amide bonds. The van der Waals surface area contributed by atoms with Gasteiger partial charge in [0.15, 0.2) is 0 Å². The van der Waals surface area contributed by atoms with Gasteiger partial charge in [-0.25, -0.2) is 0 Å². The number of amidine groups is 1. The van der Waals surface area contributed by atoms with E-state index in [1.165, 1.54) is 32.8 Å². The summed E-state index contributed by atoms with van der Waals surface area (Å²) in [6.07, 6.45) is 5.64. The van der Waals surface area contributed by atoms with E-state index in [-0.39, 0.29) is 0 Å². The van der Waals surface area contributed by atoms with E-state index in [1.54, 1.807) is 11.8 Å². The fourth-order valence-electron chi connectivity index (χ4n) is 3.74. The van der Waals surface area contributed by atoms with Crippen molar-refractivity contribution in [3.05, 3.63) is 59.4 Å². The highest BCUT2D eigenvalue weighted by atomic mass is 35.5. The normalized spacial score (nSPS) is 18.8. The van der Waals surface area contributed by atoms with Crippen molar-refractivity contribution in [2.75, 3.05) is 18.0 Å². The smallest absolute Gasteiger partial charge is 0.115 e. The van der Waals surface area contributed by atoms with Crippen molar-refractivity contribution in [1.29, 1.82) is 0 Å². The van der Waals surface area contributed by atoms with Gasteiger partial charge in [0.1, 0.15) is 11.7 Å². The number of aliphatic imine (C=N–C) groups is 1. The molecule has 0 saturated heterocycles. The zero-order valence-electron chi connectivity index (χ0n) is 13.8. The number of hydrogen-bond donors (Lipinski definition) is 0. The van der Waals surface area contributed by atoms with E-state index in [0.29, 0.717) is 0 Å². The zero-order chi connectivity index (χ0) is 16.8. The van der Waals surface area contributed by atoms with Crippen molar-refractivity contribution in [3.63, 3.8) is 0 Å². The lowest BCUT2D eigenvalue weighted by Crippen LogP contribution is -2.35. The van der Waals surface area contributed by atoms with Crippen LogP contribution in [0.5, 0.6) is 0 Å². The largest absolute Gasteiger partial charge is 0.316 e. The van der Waals surface area contributed by atoms with E-state index in [4.69, 9.17) is 16.6 Å². The summed E-state index contributed by atoms with van der Waals surface area (Å²) in [5.74, 6) is 2.46. The Bertz CT molecular complexity index is 906. The Balaban J connectivity index is 1.65. The van der Waals surface area contributed by atoms with Crippen LogP contribution in [0.15, 0.2) is 69.1 Å². The van der Waals surface area contributed by atoms with Gasteiger partial charge in [-0.1, -0.05) is 35.5 Å². The molecule has 0 fully saturated rings. The highest BCUT2D eigenvalue weighted by molar-refractivity contribution is 7.99. The lowest BCUT2D eigenvalue weighted by atomic mass is 10.2. The van der Waals surface area contributed by atoms with Crippen LogP contribution < -0.4 is 4.90 Å². The van der Waals surface area contributed by atoms with Gasteiger partial charge in [-0.05, 0) is 49.2 Å². The van der Waals surface area contributed by atoms with Crippen LogP contribution in [-0.4, -0.2) is 23.8 Å². The molecule has 126 valence electrons. The third-order valence-electron chi connectivity index (χ3n) is 4.84. The summed E-state index contributed by atoms with van der Waals surface area (Å²) in [5, 5.41) is 0.781. The molecule has 2 aromatic rings. The summed E-state index contributed by atoms with van der Waals surface area (Å²) in [6.45, 7) is 1.97. The second-order valence-corrected chi connectivity index (χ2v) is 7.94. The van der Waals surface area contributed by atoms with Crippen LogP contribution in [0.1, 0.15) is 19.3 Å². The molecular weight excluding hydrogens is 350 g/mol. The van der Waals surface area contributed by atoms with Gasteiger partial charge in [-0.3, -0.25) is 9.89 Å². The molecule has 5 rings (SSSR count). The first-order valence-corrected chi connectivity index (χ1v) is 9.88. The number of nitrogens with zero attached hydrogens (tertiary/aromatic N) is 3. The van der Waals surface area contributed by atoms with Crippen LogP contribution in [0.2, 0.25) is 5.02 Å². The molecule has 2 aromatic carbocycles. The molecule has 0 unspecified atom stereocenters. The maximum Gasteiger partial charge on any atom is 0.115 e. The van der Waals surface area contributed by atoms with E-state index in [2.05, 4.69) is 52.3 Å². The summed E-state index contributed by atoms with van der Waals surface area (Å²) in [7, 11) is 0. The number of fused-ring (bicyclic) bond motifs is 2. The van der Waals surface area contributed by atoms with Gasteiger partial charge in [0.05, 0.1) is 11.4 Å². The molecule has 0 aliphatic carbocycles. The van der Waals surface area contributed by atoms with Crippen LogP contribution in [0, 0.1) is 0 Å². The molecule has 5 heteroatoms. The molecule has 3 aliphatic heterocycles. The summed E-state index contributed by atoms with van der Waals surface area (Å²) in [4.78, 5) is 12.0. The Hall–Kier alpha value is -1.91. The van der Waals surface area contributed by atoms with Crippen LogP contribution in [0.3, 0.4) is 0 Å². The van der Waals surface area contributed by atoms with Crippen molar-refractivity contribution >= 4 is 40.6 Å². The molecule has 0 aromatic heterocycles. The Morgan fingerprint density at radius 3 is 2.80 bits per heavy atom. The average molecular weight is 368 g/mol. The number of rotatable bonds is 1. The van der Waals surface area contributed by atoms with E-state index in [0.717, 1.165) is 37.4 Å².